The van der Waals surface area contributed by atoms with Crippen LogP contribution in [0.5, 0.6) is 11.8 Å². The fourth-order valence-electron chi connectivity index (χ4n) is 2.49. The SMILES string of the molecule is COC(=O)c1ccccc1C(NS(C)(=O)=O)S(=O)(=O)NC(=O)Nc1nc(OC)cc(OC)n1. The number of amides is 2. The topological polar surface area (TPSA) is 192 Å². The summed E-state index contributed by atoms with van der Waals surface area (Å²) in [6.07, 6.45) is 0.715. The van der Waals surface area contributed by atoms with E-state index >= 15 is 0 Å². The number of nitrogens with zero attached hydrogens (tertiary/aromatic N) is 2. The minimum Gasteiger partial charge on any atom is -0.481 e. The molecule has 2 amide bonds. The van der Waals surface area contributed by atoms with Crippen molar-refractivity contribution in [2.45, 2.75) is 5.37 Å². The molecule has 3 N–H and O–H groups in total. The van der Waals surface area contributed by atoms with Gasteiger partial charge in [0, 0.05) is 5.56 Å². The maximum atomic E-state index is 13.0. The first-order valence-corrected chi connectivity index (χ1v) is 12.3. The maximum absolute atomic E-state index is 13.0. The Labute approximate surface area is 189 Å². The van der Waals surface area contributed by atoms with Crippen molar-refractivity contribution in [2.75, 3.05) is 32.9 Å². The molecule has 0 saturated carbocycles. The second-order valence-corrected chi connectivity index (χ2v) is 9.77. The van der Waals surface area contributed by atoms with Crippen molar-refractivity contribution in [3.8, 4) is 11.8 Å². The predicted octanol–water partition coefficient (Wildman–Crippen LogP) is -0.0203. The van der Waals surface area contributed by atoms with Gasteiger partial charge < -0.3 is 14.2 Å². The highest BCUT2D eigenvalue weighted by atomic mass is 32.2. The molecule has 0 aliphatic heterocycles. The van der Waals surface area contributed by atoms with Gasteiger partial charge in [-0.25, -0.2) is 31.1 Å². The Hall–Kier alpha value is -3.50. The largest absolute Gasteiger partial charge is 0.481 e. The van der Waals surface area contributed by atoms with E-state index < -0.39 is 37.4 Å². The molecule has 0 saturated heterocycles. The fraction of sp³-hybridized carbons (Fsp3) is 0.294. The molecule has 16 heteroatoms. The molecule has 2 aromatic rings. The molecular formula is C17H21N5O9S2. The van der Waals surface area contributed by atoms with Crippen LogP contribution in [0.1, 0.15) is 21.3 Å². The van der Waals surface area contributed by atoms with E-state index in [1.54, 1.807) is 4.72 Å². The molecule has 1 aromatic carbocycles. The molecule has 1 heterocycles. The number of ether oxygens (including phenoxy) is 3. The number of carbonyl (C=O) groups is 2. The summed E-state index contributed by atoms with van der Waals surface area (Å²) < 4.78 is 67.7. The fourth-order valence-corrected chi connectivity index (χ4v) is 5.01. The summed E-state index contributed by atoms with van der Waals surface area (Å²) in [7, 11) is -5.26. The van der Waals surface area contributed by atoms with Crippen molar-refractivity contribution in [3.05, 3.63) is 41.5 Å². The van der Waals surface area contributed by atoms with E-state index in [4.69, 9.17) is 9.47 Å². The lowest BCUT2D eigenvalue weighted by Crippen LogP contribution is -2.44. The molecule has 0 fully saturated rings. The zero-order valence-electron chi connectivity index (χ0n) is 17.8. The van der Waals surface area contributed by atoms with E-state index in [0.717, 1.165) is 7.11 Å². The number of anilines is 1. The Balaban J connectivity index is 2.41. The molecule has 1 aromatic heterocycles. The van der Waals surface area contributed by atoms with Gasteiger partial charge in [0.15, 0.2) is 5.37 Å². The Morgan fingerprint density at radius 3 is 2.06 bits per heavy atom. The third-order valence-electron chi connectivity index (χ3n) is 3.84. The van der Waals surface area contributed by atoms with Crippen molar-refractivity contribution in [1.82, 2.24) is 19.4 Å². The summed E-state index contributed by atoms with van der Waals surface area (Å²) in [5, 5.41) is 0.0241. The van der Waals surface area contributed by atoms with Crippen molar-refractivity contribution in [1.29, 1.82) is 0 Å². The first-order valence-electron chi connectivity index (χ1n) is 8.84. The summed E-state index contributed by atoms with van der Waals surface area (Å²) in [5.74, 6) is -1.24. The smallest absolute Gasteiger partial charge is 0.338 e. The van der Waals surface area contributed by atoms with Crippen LogP contribution in [-0.2, 0) is 24.8 Å². The number of esters is 1. The highest BCUT2D eigenvalue weighted by Crippen LogP contribution is 2.24. The first kappa shape index (κ1) is 25.8. The van der Waals surface area contributed by atoms with Gasteiger partial charge in [0.1, 0.15) is 0 Å². The summed E-state index contributed by atoms with van der Waals surface area (Å²) in [6, 6.07) is 5.24. The number of hydrogen-bond donors (Lipinski definition) is 3. The van der Waals surface area contributed by atoms with Gasteiger partial charge in [0.2, 0.25) is 27.7 Å². The third kappa shape index (κ3) is 6.99. The average Bonchev–Trinajstić information content (AvgIpc) is 2.75. The van der Waals surface area contributed by atoms with Gasteiger partial charge in [0.25, 0.3) is 10.0 Å². The molecule has 0 aliphatic rings. The van der Waals surface area contributed by atoms with Crippen LogP contribution < -0.4 is 24.2 Å². The van der Waals surface area contributed by atoms with Crippen molar-refractivity contribution in [3.63, 3.8) is 0 Å². The van der Waals surface area contributed by atoms with Gasteiger partial charge in [-0.2, -0.15) is 14.7 Å². The quantitative estimate of drug-likeness (QED) is 0.389. The molecule has 0 spiro atoms. The number of nitrogens with one attached hydrogen (secondary N) is 3. The molecule has 14 nitrogen and oxygen atoms in total. The van der Waals surface area contributed by atoms with Crippen LogP contribution in [0, 0.1) is 0 Å². The predicted molar refractivity (Wildman–Crippen MR) is 115 cm³/mol. The van der Waals surface area contributed by atoms with E-state index in [9.17, 15) is 26.4 Å². The number of sulfonamides is 2. The number of carbonyl (C=O) groups excluding carboxylic acids is 2. The minimum absolute atomic E-state index is 0.0173. The van der Waals surface area contributed by atoms with Crippen LogP contribution in [-0.4, -0.2) is 66.4 Å². The number of aromatic nitrogens is 2. The molecule has 180 valence electrons. The lowest BCUT2D eigenvalue weighted by atomic mass is 10.1. The van der Waals surface area contributed by atoms with Gasteiger partial charge in [-0.3, -0.25) is 5.32 Å². The number of urea groups is 1. The first-order chi connectivity index (χ1) is 15.4. The van der Waals surface area contributed by atoms with Crippen LogP contribution in [0.15, 0.2) is 30.3 Å². The van der Waals surface area contributed by atoms with E-state index in [2.05, 4.69) is 20.0 Å². The van der Waals surface area contributed by atoms with E-state index in [-0.39, 0.29) is 28.8 Å². The Morgan fingerprint density at radius 2 is 1.55 bits per heavy atom. The van der Waals surface area contributed by atoms with E-state index in [1.165, 1.54) is 44.6 Å². The number of rotatable bonds is 9. The van der Waals surface area contributed by atoms with Crippen molar-refractivity contribution in [2.24, 2.45) is 0 Å². The van der Waals surface area contributed by atoms with Crippen LogP contribution in [0.2, 0.25) is 0 Å². The summed E-state index contributed by atoms with van der Waals surface area (Å²) in [4.78, 5) is 32.1. The molecular weight excluding hydrogens is 482 g/mol. The molecule has 0 aliphatic carbocycles. The van der Waals surface area contributed by atoms with E-state index in [0.29, 0.717) is 6.26 Å². The summed E-state index contributed by atoms with van der Waals surface area (Å²) in [5.41, 5.74) is -0.498. The monoisotopic (exact) mass is 503 g/mol. The molecule has 0 bridgehead atoms. The molecule has 1 unspecified atom stereocenters. The standard InChI is InChI=1S/C17H21N5O9S2/c1-29-12-9-13(30-2)19-16(18-12)20-17(24)22-33(27,28)14(21-32(4,25)26)10-7-5-6-8-11(10)15(23)31-3/h5-9,14,21H,1-4H3,(H2,18,19,20,22,24). The van der Waals surface area contributed by atoms with Gasteiger partial charge in [-0.15, -0.1) is 0 Å². The minimum atomic E-state index is -4.80. The lowest BCUT2D eigenvalue weighted by Gasteiger charge is -2.21. The Morgan fingerprint density at radius 1 is 0.970 bits per heavy atom. The van der Waals surface area contributed by atoms with Gasteiger partial charge >= 0.3 is 12.0 Å². The zero-order chi connectivity index (χ0) is 24.8. The zero-order valence-corrected chi connectivity index (χ0v) is 19.5. The molecule has 33 heavy (non-hydrogen) atoms. The summed E-state index contributed by atoms with van der Waals surface area (Å²) in [6.45, 7) is 0. The highest BCUT2D eigenvalue weighted by molar-refractivity contribution is 7.93. The van der Waals surface area contributed by atoms with E-state index in [1.807, 2.05) is 4.72 Å². The third-order valence-corrected chi connectivity index (χ3v) is 6.11. The van der Waals surface area contributed by atoms with Crippen LogP contribution in [0.3, 0.4) is 0 Å². The molecule has 1 atom stereocenters. The van der Waals surface area contributed by atoms with Crippen LogP contribution in [0.4, 0.5) is 10.7 Å². The van der Waals surface area contributed by atoms with Crippen LogP contribution in [0.25, 0.3) is 0 Å². The normalized spacial score (nSPS) is 12.4. The Kier molecular flexibility index (Phi) is 8.13. The maximum Gasteiger partial charge on any atom is 0.338 e. The van der Waals surface area contributed by atoms with Gasteiger partial charge in [-0.1, -0.05) is 18.2 Å². The summed E-state index contributed by atoms with van der Waals surface area (Å²) >= 11 is 0. The average molecular weight is 504 g/mol. The van der Waals surface area contributed by atoms with Gasteiger partial charge in [0.05, 0.1) is 39.2 Å². The Bertz CT molecular complexity index is 1230. The van der Waals surface area contributed by atoms with Crippen molar-refractivity contribution < 1.29 is 40.6 Å². The lowest BCUT2D eigenvalue weighted by molar-refractivity contribution is 0.0599. The number of benzene rings is 1. The van der Waals surface area contributed by atoms with Crippen molar-refractivity contribution >= 4 is 38.0 Å². The molecule has 0 radical (unpaired) electrons. The second kappa shape index (κ2) is 10.4. The van der Waals surface area contributed by atoms with Gasteiger partial charge in [-0.05, 0) is 6.07 Å². The second-order valence-electron chi connectivity index (χ2n) is 6.23. The molecule has 2 rings (SSSR count). The number of methoxy groups -OCH3 is 3. The highest BCUT2D eigenvalue weighted by Gasteiger charge is 2.34. The van der Waals surface area contributed by atoms with Crippen LogP contribution >= 0.6 is 0 Å². The number of hydrogen-bond acceptors (Lipinski definition) is 11.